The number of amides is 1. The van der Waals surface area contributed by atoms with Gasteiger partial charge in [0.1, 0.15) is 5.82 Å². The summed E-state index contributed by atoms with van der Waals surface area (Å²) in [6.45, 7) is 0.792. The molecule has 9 heteroatoms. The van der Waals surface area contributed by atoms with Gasteiger partial charge in [0.2, 0.25) is 0 Å². The number of piperidine rings is 1. The van der Waals surface area contributed by atoms with Crippen LogP contribution in [0.2, 0.25) is 0 Å². The van der Waals surface area contributed by atoms with Crippen molar-refractivity contribution < 1.29 is 18.3 Å². The van der Waals surface area contributed by atoms with Crippen molar-refractivity contribution in [1.29, 1.82) is 0 Å². The molecule has 2 unspecified atom stereocenters. The summed E-state index contributed by atoms with van der Waals surface area (Å²) < 4.78 is 35.0. The standard InChI is InChI=1S/C23H24FN3O4S/c24-19-6-5-14(12-20-16-3-1-2-4-17(16)22(28)26-25-20)11-18(19)23(29)27-9-7-21-15(13-27)8-10-32(21,30)31/h1-6,11,15,21,30-31H,7-10,12-13H2,(H,26,28). The molecule has 1 amide bonds. The highest BCUT2D eigenvalue weighted by molar-refractivity contribution is 8.25. The van der Waals surface area contributed by atoms with Gasteiger partial charge in [-0.15, -0.1) is 0 Å². The average molecular weight is 458 g/mol. The Hall–Kier alpha value is -2.75. The second-order valence-corrected chi connectivity index (χ2v) is 11.0. The first-order valence-corrected chi connectivity index (χ1v) is 12.4. The number of carbonyl (C=O) groups is 1. The zero-order valence-corrected chi connectivity index (χ0v) is 18.1. The van der Waals surface area contributed by atoms with Gasteiger partial charge in [0.15, 0.2) is 0 Å². The lowest BCUT2D eigenvalue weighted by atomic mass is 9.94. The molecule has 7 nitrogen and oxygen atoms in total. The van der Waals surface area contributed by atoms with Gasteiger partial charge in [0.25, 0.3) is 11.5 Å². The summed E-state index contributed by atoms with van der Waals surface area (Å²) in [6.07, 6.45) is 1.53. The number of H-pyrrole nitrogens is 1. The summed E-state index contributed by atoms with van der Waals surface area (Å²) in [4.78, 5) is 26.8. The fraction of sp³-hybridized carbons (Fsp3) is 0.348. The number of hydrogen-bond donors (Lipinski definition) is 3. The monoisotopic (exact) mass is 457 g/mol. The molecule has 2 fully saturated rings. The Kier molecular flexibility index (Phi) is 5.27. The summed E-state index contributed by atoms with van der Waals surface area (Å²) in [5.41, 5.74) is 1.08. The van der Waals surface area contributed by atoms with Crippen LogP contribution in [0.5, 0.6) is 0 Å². The third kappa shape index (κ3) is 3.70. The van der Waals surface area contributed by atoms with Gasteiger partial charge in [-0.1, -0.05) is 24.3 Å². The lowest BCUT2D eigenvalue weighted by molar-refractivity contribution is 0.0675. The van der Waals surface area contributed by atoms with Crippen molar-refractivity contribution in [3.8, 4) is 0 Å². The molecule has 0 radical (unpaired) electrons. The van der Waals surface area contributed by atoms with Crippen LogP contribution in [0, 0.1) is 11.7 Å². The van der Waals surface area contributed by atoms with Crippen molar-refractivity contribution >= 4 is 27.3 Å². The molecule has 2 aromatic carbocycles. The van der Waals surface area contributed by atoms with Gasteiger partial charge in [0, 0.05) is 30.6 Å². The maximum atomic E-state index is 14.6. The first-order chi connectivity index (χ1) is 15.3. The molecule has 2 atom stereocenters. The Morgan fingerprint density at radius 2 is 1.97 bits per heavy atom. The van der Waals surface area contributed by atoms with Crippen molar-refractivity contribution in [2.75, 3.05) is 18.8 Å². The van der Waals surface area contributed by atoms with Crippen LogP contribution in [-0.4, -0.2) is 54.2 Å². The predicted molar refractivity (Wildman–Crippen MR) is 122 cm³/mol. The number of nitrogens with zero attached hydrogens (tertiary/aromatic N) is 2. The minimum Gasteiger partial charge on any atom is -0.338 e. The maximum Gasteiger partial charge on any atom is 0.272 e. The maximum absolute atomic E-state index is 14.6. The number of likely N-dealkylation sites (tertiary alicyclic amines) is 1. The van der Waals surface area contributed by atoms with E-state index in [1.54, 1.807) is 29.2 Å². The normalized spacial score (nSPS) is 23.2. The fourth-order valence-corrected chi connectivity index (χ4v) is 7.24. The molecule has 0 spiro atoms. The molecular weight excluding hydrogens is 433 g/mol. The molecule has 5 rings (SSSR count). The molecule has 2 aliphatic heterocycles. The molecular formula is C23H24FN3O4S. The van der Waals surface area contributed by atoms with Gasteiger partial charge in [-0.2, -0.15) is 15.7 Å². The van der Waals surface area contributed by atoms with E-state index in [1.165, 1.54) is 6.07 Å². The van der Waals surface area contributed by atoms with Crippen molar-refractivity contribution in [2.24, 2.45) is 5.92 Å². The first-order valence-electron chi connectivity index (χ1n) is 10.6. The van der Waals surface area contributed by atoms with E-state index in [4.69, 9.17) is 0 Å². The number of aromatic amines is 1. The van der Waals surface area contributed by atoms with Gasteiger partial charge in [-0.25, -0.2) is 9.49 Å². The van der Waals surface area contributed by atoms with Crippen LogP contribution in [-0.2, 0) is 6.42 Å². The van der Waals surface area contributed by atoms with Crippen molar-refractivity contribution in [3.05, 3.63) is 75.5 Å². The number of halogens is 1. The van der Waals surface area contributed by atoms with Crippen LogP contribution in [0.25, 0.3) is 10.8 Å². The van der Waals surface area contributed by atoms with E-state index in [-0.39, 0.29) is 28.2 Å². The van der Waals surface area contributed by atoms with Crippen LogP contribution in [0.3, 0.4) is 0 Å². The molecule has 32 heavy (non-hydrogen) atoms. The van der Waals surface area contributed by atoms with Crippen molar-refractivity contribution in [3.63, 3.8) is 0 Å². The lowest BCUT2D eigenvalue weighted by Gasteiger charge is -2.42. The Morgan fingerprint density at radius 1 is 1.19 bits per heavy atom. The molecule has 1 aromatic heterocycles. The molecule has 168 valence electrons. The Labute approximate surface area is 185 Å². The minimum absolute atomic E-state index is 0.000663. The second-order valence-electron chi connectivity index (χ2n) is 8.58. The number of aromatic nitrogens is 2. The third-order valence-electron chi connectivity index (χ3n) is 6.63. The Bertz CT molecular complexity index is 1260. The predicted octanol–water partition coefficient (Wildman–Crippen LogP) is 3.64. The highest BCUT2D eigenvalue weighted by Gasteiger charge is 2.44. The van der Waals surface area contributed by atoms with E-state index in [1.807, 2.05) is 12.1 Å². The number of fused-ring (bicyclic) bond motifs is 2. The number of hydrogen-bond acceptors (Lipinski definition) is 5. The molecule has 0 bridgehead atoms. The molecule has 0 saturated carbocycles. The van der Waals surface area contributed by atoms with E-state index in [9.17, 15) is 23.1 Å². The summed E-state index contributed by atoms with van der Waals surface area (Å²) in [7, 11) is -2.58. The van der Waals surface area contributed by atoms with Crippen LogP contribution < -0.4 is 5.56 Å². The number of nitrogens with one attached hydrogen (secondary N) is 1. The zero-order valence-electron chi connectivity index (χ0n) is 17.3. The quantitative estimate of drug-likeness (QED) is 0.557. The summed E-state index contributed by atoms with van der Waals surface area (Å²) >= 11 is 0. The van der Waals surface area contributed by atoms with E-state index in [0.717, 1.165) is 5.39 Å². The molecule has 2 aliphatic rings. The molecule has 3 heterocycles. The molecule has 3 aromatic rings. The number of benzene rings is 2. The molecule has 3 N–H and O–H groups in total. The first kappa shape index (κ1) is 21.1. The lowest BCUT2D eigenvalue weighted by Crippen LogP contribution is -2.45. The smallest absolute Gasteiger partial charge is 0.272 e. The minimum atomic E-state index is -2.58. The molecule has 2 saturated heterocycles. The number of rotatable bonds is 3. The topological polar surface area (TPSA) is 107 Å². The fourth-order valence-electron chi connectivity index (χ4n) is 4.96. The van der Waals surface area contributed by atoms with E-state index in [0.29, 0.717) is 54.7 Å². The highest BCUT2D eigenvalue weighted by Crippen LogP contribution is 2.57. The van der Waals surface area contributed by atoms with Crippen molar-refractivity contribution in [2.45, 2.75) is 24.5 Å². The van der Waals surface area contributed by atoms with Crippen LogP contribution >= 0.6 is 10.6 Å². The second kappa shape index (κ2) is 7.99. The molecule has 0 aliphatic carbocycles. The average Bonchev–Trinajstić information content (AvgIpc) is 3.10. The zero-order chi connectivity index (χ0) is 22.5. The number of carbonyl (C=O) groups excluding carboxylic acids is 1. The third-order valence-corrected chi connectivity index (χ3v) is 9.06. The van der Waals surface area contributed by atoms with Crippen LogP contribution in [0.15, 0.2) is 47.3 Å². The van der Waals surface area contributed by atoms with E-state index in [2.05, 4.69) is 10.2 Å². The summed E-state index contributed by atoms with van der Waals surface area (Å²) in [5, 5.41) is 7.75. The Balaban J connectivity index is 1.40. The van der Waals surface area contributed by atoms with Crippen molar-refractivity contribution in [1.82, 2.24) is 15.1 Å². The van der Waals surface area contributed by atoms with Gasteiger partial charge < -0.3 is 4.90 Å². The van der Waals surface area contributed by atoms with E-state index >= 15 is 0 Å². The van der Waals surface area contributed by atoms with Gasteiger partial charge >= 0.3 is 0 Å². The van der Waals surface area contributed by atoms with Crippen LogP contribution in [0.1, 0.15) is 34.5 Å². The summed E-state index contributed by atoms with van der Waals surface area (Å²) in [6, 6.07) is 11.6. The SMILES string of the molecule is O=C(c1cc(Cc2n[nH]c(=O)c3ccccc23)ccc1F)N1CCC2C(CCS2(O)O)C1. The highest BCUT2D eigenvalue weighted by atomic mass is 32.3. The Morgan fingerprint density at radius 3 is 2.78 bits per heavy atom. The van der Waals surface area contributed by atoms with Gasteiger partial charge in [0.05, 0.1) is 21.9 Å². The van der Waals surface area contributed by atoms with Gasteiger partial charge in [-0.05, 0) is 42.5 Å². The largest absolute Gasteiger partial charge is 0.338 e. The van der Waals surface area contributed by atoms with Gasteiger partial charge in [-0.3, -0.25) is 18.7 Å². The summed E-state index contributed by atoms with van der Waals surface area (Å²) in [5.74, 6) is -0.545. The van der Waals surface area contributed by atoms with Crippen LogP contribution in [0.4, 0.5) is 4.39 Å². The van der Waals surface area contributed by atoms with E-state index < -0.39 is 16.4 Å².